The fraction of sp³-hybridized carbons (Fsp3) is 0.417. The number of halogens is 2. The molecule has 1 fully saturated rings. The second kappa shape index (κ2) is 6.27. The van der Waals surface area contributed by atoms with Crippen molar-refractivity contribution in [2.24, 2.45) is 5.14 Å². The van der Waals surface area contributed by atoms with Gasteiger partial charge in [0.2, 0.25) is 10.0 Å². The number of sulfonamides is 1. The molecule has 1 saturated heterocycles. The highest BCUT2D eigenvalue weighted by atomic mass is 35.5. The van der Waals surface area contributed by atoms with E-state index < -0.39 is 31.7 Å². The summed E-state index contributed by atoms with van der Waals surface area (Å²) < 4.78 is 46.4. The second-order valence-electron chi connectivity index (χ2n) is 4.53. The van der Waals surface area contributed by atoms with Gasteiger partial charge in [-0.3, -0.25) is 0 Å². The van der Waals surface area contributed by atoms with Crippen molar-refractivity contribution in [2.45, 2.75) is 23.8 Å². The minimum atomic E-state index is -4.16. The van der Waals surface area contributed by atoms with Crippen LogP contribution in [0.25, 0.3) is 0 Å². The number of ether oxygens (including phenoxy) is 2. The molecule has 2 N–H and O–H groups in total. The normalized spacial score (nSPS) is 16.7. The van der Waals surface area contributed by atoms with Gasteiger partial charge in [-0.1, -0.05) is 11.6 Å². The van der Waals surface area contributed by atoms with Crippen LogP contribution < -0.4 is 5.14 Å². The lowest BCUT2D eigenvalue weighted by atomic mass is 10.1. The summed E-state index contributed by atoms with van der Waals surface area (Å²) in [6.07, 6.45) is 0.657. The van der Waals surface area contributed by atoms with Gasteiger partial charge >= 0.3 is 5.97 Å². The molecule has 0 amide bonds. The van der Waals surface area contributed by atoms with E-state index >= 15 is 0 Å². The minimum absolute atomic E-state index is 0.368. The van der Waals surface area contributed by atoms with Crippen molar-refractivity contribution in [3.63, 3.8) is 0 Å². The number of esters is 1. The average molecular weight is 338 g/mol. The number of rotatable bonds is 3. The third kappa shape index (κ3) is 3.91. The molecule has 1 aliphatic heterocycles. The van der Waals surface area contributed by atoms with E-state index in [-0.39, 0.29) is 11.7 Å². The molecule has 0 saturated carbocycles. The third-order valence-electron chi connectivity index (χ3n) is 2.99. The molecule has 2 rings (SSSR count). The van der Waals surface area contributed by atoms with Crippen molar-refractivity contribution in [3.05, 3.63) is 28.5 Å². The van der Waals surface area contributed by atoms with Crippen LogP contribution in [0.5, 0.6) is 0 Å². The predicted molar refractivity (Wildman–Crippen MR) is 72.0 cm³/mol. The molecule has 0 atom stereocenters. The van der Waals surface area contributed by atoms with E-state index in [1.54, 1.807) is 0 Å². The van der Waals surface area contributed by atoms with Crippen molar-refractivity contribution in [3.8, 4) is 0 Å². The van der Waals surface area contributed by atoms with Crippen molar-refractivity contribution in [2.75, 3.05) is 13.2 Å². The van der Waals surface area contributed by atoms with Crippen molar-refractivity contribution in [1.82, 2.24) is 0 Å². The number of nitrogens with two attached hydrogens (primary N) is 1. The fourth-order valence-corrected chi connectivity index (χ4v) is 2.62. The van der Waals surface area contributed by atoms with E-state index in [9.17, 15) is 17.6 Å². The molecule has 0 bridgehead atoms. The Labute approximate surface area is 126 Å². The van der Waals surface area contributed by atoms with Gasteiger partial charge < -0.3 is 9.47 Å². The monoisotopic (exact) mass is 337 g/mol. The fourth-order valence-electron chi connectivity index (χ4n) is 1.89. The Morgan fingerprint density at radius 2 is 2.00 bits per heavy atom. The summed E-state index contributed by atoms with van der Waals surface area (Å²) >= 11 is 5.69. The summed E-state index contributed by atoms with van der Waals surface area (Å²) in [4.78, 5) is 11.5. The molecule has 6 nitrogen and oxygen atoms in total. The van der Waals surface area contributed by atoms with Gasteiger partial charge in [-0.25, -0.2) is 22.7 Å². The molecule has 21 heavy (non-hydrogen) atoms. The molecular weight excluding hydrogens is 325 g/mol. The summed E-state index contributed by atoms with van der Waals surface area (Å²) in [6, 6.07) is 1.56. The number of primary sulfonamides is 1. The lowest BCUT2D eigenvalue weighted by Gasteiger charge is -2.22. The van der Waals surface area contributed by atoms with Crippen LogP contribution in [-0.4, -0.2) is 33.7 Å². The van der Waals surface area contributed by atoms with Gasteiger partial charge in [0, 0.05) is 12.8 Å². The lowest BCUT2D eigenvalue weighted by Crippen LogP contribution is -2.26. The quantitative estimate of drug-likeness (QED) is 0.842. The van der Waals surface area contributed by atoms with Crippen molar-refractivity contribution < 1.29 is 27.1 Å². The first-order valence-corrected chi connectivity index (χ1v) is 8.02. The zero-order valence-electron chi connectivity index (χ0n) is 10.8. The maximum atomic E-state index is 13.6. The molecule has 1 heterocycles. The van der Waals surface area contributed by atoms with Gasteiger partial charge in [-0.2, -0.15) is 0 Å². The van der Waals surface area contributed by atoms with Crippen LogP contribution in [0.2, 0.25) is 5.02 Å². The molecule has 116 valence electrons. The number of carbonyl (C=O) groups excluding carboxylic acids is 1. The summed E-state index contributed by atoms with van der Waals surface area (Å²) in [6.45, 7) is 0.911. The minimum Gasteiger partial charge on any atom is -0.459 e. The SMILES string of the molecule is NS(=O)(=O)c1cc(F)c(Cl)c(C(=O)OC2CCOCC2)c1. The van der Waals surface area contributed by atoms with Gasteiger partial charge in [-0.15, -0.1) is 0 Å². The first kappa shape index (κ1) is 16.2. The maximum absolute atomic E-state index is 13.6. The zero-order valence-corrected chi connectivity index (χ0v) is 12.4. The smallest absolute Gasteiger partial charge is 0.340 e. The molecule has 0 radical (unpaired) electrons. The van der Waals surface area contributed by atoms with E-state index in [0.717, 1.165) is 6.07 Å². The largest absolute Gasteiger partial charge is 0.459 e. The number of benzene rings is 1. The Balaban J connectivity index is 2.29. The first-order chi connectivity index (χ1) is 9.79. The van der Waals surface area contributed by atoms with E-state index in [2.05, 4.69) is 0 Å². The van der Waals surface area contributed by atoms with Crippen LogP contribution in [-0.2, 0) is 19.5 Å². The van der Waals surface area contributed by atoms with Gasteiger partial charge in [-0.05, 0) is 12.1 Å². The van der Waals surface area contributed by atoms with E-state index in [1.165, 1.54) is 0 Å². The molecule has 0 aromatic heterocycles. The van der Waals surface area contributed by atoms with Crippen molar-refractivity contribution >= 4 is 27.6 Å². The maximum Gasteiger partial charge on any atom is 0.340 e. The molecule has 9 heteroatoms. The molecule has 1 aromatic carbocycles. The summed E-state index contributed by atoms with van der Waals surface area (Å²) in [5, 5.41) is 4.42. The van der Waals surface area contributed by atoms with Crippen LogP contribution in [0.3, 0.4) is 0 Å². The number of hydrogen-bond acceptors (Lipinski definition) is 5. The zero-order chi connectivity index (χ0) is 15.6. The summed E-state index contributed by atoms with van der Waals surface area (Å²) in [5.74, 6) is -1.95. The van der Waals surface area contributed by atoms with Gasteiger partial charge in [0.05, 0.1) is 28.7 Å². The first-order valence-electron chi connectivity index (χ1n) is 6.09. The Kier molecular flexibility index (Phi) is 4.82. The second-order valence-corrected chi connectivity index (χ2v) is 6.47. The standard InChI is InChI=1S/C12H13ClFNO5S/c13-11-9(5-8(6-10(11)14)21(15,17)18)12(16)20-7-1-3-19-4-2-7/h5-7H,1-4H2,(H2,15,17,18). The van der Waals surface area contributed by atoms with Crippen LogP contribution in [0.15, 0.2) is 17.0 Å². The van der Waals surface area contributed by atoms with Gasteiger partial charge in [0.25, 0.3) is 0 Å². The van der Waals surface area contributed by atoms with Crippen LogP contribution in [0.4, 0.5) is 4.39 Å². The van der Waals surface area contributed by atoms with E-state index in [0.29, 0.717) is 32.1 Å². The predicted octanol–water partition coefficient (Wildman–Crippen LogP) is 1.46. The highest BCUT2D eigenvalue weighted by Crippen LogP contribution is 2.25. The Bertz CT molecular complexity index is 658. The summed E-state index contributed by atoms with van der Waals surface area (Å²) in [5.41, 5.74) is -0.368. The highest BCUT2D eigenvalue weighted by molar-refractivity contribution is 7.89. The third-order valence-corrected chi connectivity index (χ3v) is 4.27. The molecule has 1 aromatic rings. The van der Waals surface area contributed by atoms with Crippen LogP contribution in [0, 0.1) is 5.82 Å². The number of hydrogen-bond donors (Lipinski definition) is 1. The van der Waals surface area contributed by atoms with Crippen LogP contribution in [0.1, 0.15) is 23.2 Å². The molecule has 0 unspecified atom stereocenters. The Morgan fingerprint density at radius 1 is 1.38 bits per heavy atom. The lowest BCUT2D eigenvalue weighted by molar-refractivity contribution is -0.0159. The highest BCUT2D eigenvalue weighted by Gasteiger charge is 2.24. The van der Waals surface area contributed by atoms with Gasteiger partial charge in [0.1, 0.15) is 11.9 Å². The Hall–Kier alpha value is -1.22. The molecular formula is C12H13ClFNO5S. The molecule has 1 aliphatic rings. The topological polar surface area (TPSA) is 95.7 Å². The van der Waals surface area contributed by atoms with Crippen LogP contribution >= 0.6 is 11.6 Å². The molecule has 0 aliphatic carbocycles. The number of carbonyl (C=O) groups is 1. The average Bonchev–Trinajstić information content (AvgIpc) is 2.41. The van der Waals surface area contributed by atoms with E-state index in [4.69, 9.17) is 26.2 Å². The van der Waals surface area contributed by atoms with Crippen molar-refractivity contribution in [1.29, 1.82) is 0 Å². The summed E-state index contributed by atoms with van der Waals surface area (Å²) in [7, 11) is -4.16. The molecule has 0 spiro atoms. The van der Waals surface area contributed by atoms with E-state index in [1.807, 2.05) is 0 Å². The van der Waals surface area contributed by atoms with Gasteiger partial charge in [0.15, 0.2) is 0 Å². The Morgan fingerprint density at radius 3 is 2.57 bits per heavy atom.